The predicted molar refractivity (Wildman–Crippen MR) is 84.6 cm³/mol. The Morgan fingerprint density at radius 3 is 2.57 bits per heavy atom. The molecule has 1 aromatic heterocycles. The zero-order valence-electron chi connectivity index (χ0n) is 12.6. The van der Waals surface area contributed by atoms with Gasteiger partial charge in [0.25, 0.3) is 5.56 Å². The molecule has 4 heteroatoms. The van der Waals surface area contributed by atoms with Gasteiger partial charge in [-0.1, -0.05) is 31.2 Å². The van der Waals surface area contributed by atoms with Gasteiger partial charge < -0.3 is 9.88 Å². The van der Waals surface area contributed by atoms with Gasteiger partial charge in [-0.3, -0.25) is 9.59 Å². The number of aromatic nitrogens is 1. The number of nitrogens with zero attached hydrogens (tertiary/aromatic N) is 1. The van der Waals surface area contributed by atoms with Crippen molar-refractivity contribution in [2.75, 3.05) is 5.32 Å². The summed E-state index contributed by atoms with van der Waals surface area (Å²) in [5, 5.41) is 2.93. The Morgan fingerprint density at radius 2 is 1.86 bits per heavy atom. The molecule has 0 saturated carbocycles. The number of carbonyl (C=O) groups is 1. The molecule has 21 heavy (non-hydrogen) atoms. The summed E-state index contributed by atoms with van der Waals surface area (Å²) < 4.78 is 1.43. The zero-order valence-corrected chi connectivity index (χ0v) is 12.6. The molecule has 0 aliphatic rings. The van der Waals surface area contributed by atoms with Gasteiger partial charge in [-0.05, 0) is 37.5 Å². The normalized spacial score (nSPS) is 10.4. The minimum Gasteiger partial charge on any atom is -0.324 e. The van der Waals surface area contributed by atoms with Crippen molar-refractivity contribution in [3.8, 4) is 0 Å². The summed E-state index contributed by atoms with van der Waals surface area (Å²) in [5.74, 6) is -0.188. The summed E-state index contributed by atoms with van der Waals surface area (Å²) in [5.41, 5.74) is 3.48. The summed E-state index contributed by atoms with van der Waals surface area (Å²) >= 11 is 0. The van der Waals surface area contributed by atoms with E-state index >= 15 is 0 Å². The van der Waals surface area contributed by atoms with Gasteiger partial charge in [0, 0.05) is 17.4 Å². The number of rotatable bonds is 4. The van der Waals surface area contributed by atoms with Crippen LogP contribution in [0.3, 0.4) is 0 Å². The van der Waals surface area contributed by atoms with E-state index in [1.807, 2.05) is 25.1 Å². The van der Waals surface area contributed by atoms with Gasteiger partial charge in [0.15, 0.2) is 0 Å². The van der Waals surface area contributed by atoms with Crippen LogP contribution in [0.25, 0.3) is 0 Å². The van der Waals surface area contributed by atoms with Crippen LogP contribution in [-0.2, 0) is 17.8 Å². The molecule has 4 nitrogen and oxygen atoms in total. The van der Waals surface area contributed by atoms with Gasteiger partial charge in [0.1, 0.15) is 6.54 Å². The minimum atomic E-state index is -0.188. The van der Waals surface area contributed by atoms with Crippen LogP contribution in [0.2, 0.25) is 0 Å². The molecule has 0 saturated heterocycles. The maximum Gasteiger partial charge on any atom is 0.253 e. The molecule has 1 N–H and O–H groups in total. The van der Waals surface area contributed by atoms with Crippen molar-refractivity contribution >= 4 is 11.6 Å². The molecule has 0 fully saturated rings. The van der Waals surface area contributed by atoms with Crippen molar-refractivity contribution in [2.45, 2.75) is 33.7 Å². The zero-order chi connectivity index (χ0) is 15.4. The van der Waals surface area contributed by atoms with Crippen molar-refractivity contribution in [1.82, 2.24) is 4.57 Å². The van der Waals surface area contributed by atoms with Gasteiger partial charge in [-0.25, -0.2) is 0 Å². The molecule has 0 radical (unpaired) electrons. The number of carbonyl (C=O) groups excluding carboxylic acids is 1. The molecule has 110 valence electrons. The molecule has 0 unspecified atom stereocenters. The second kappa shape index (κ2) is 6.39. The molecule has 1 heterocycles. The maximum absolute atomic E-state index is 12.2. The van der Waals surface area contributed by atoms with Crippen molar-refractivity contribution in [1.29, 1.82) is 0 Å². The highest BCUT2D eigenvalue weighted by atomic mass is 16.2. The highest BCUT2D eigenvalue weighted by Gasteiger charge is 2.10. The molecular formula is C17H20N2O2. The quantitative estimate of drug-likeness (QED) is 0.938. The highest BCUT2D eigenvalue weighted by molar-refractivity contribution is 5.92. The van der Waals surface area contributed by atoms with Gasteiger partial charge in [0.05, 0.1) is 0 Å². The Hall–Kier alpha value is -2.36. The van der Waals surface area contributed by atoms with Crippen molar-refractivity contribution < 1.29 is 4.79 Å². The van der Waals surface area contributed by atoms with Crippen molar-refractivity contribution in [3.05, 3.63) is 63.6 Å². The van der Waals surface area contributed by atoms with E-state index in [2.05, 4.69) is 12.2 Å². The molecule has 1 aromatic carbocycles. The smallest absolute Gasteiger partial charge is 0.253 e. The third-order valence-corrected chi connectivity index (χ3v) is 3.53. The van der Waals surface area contributed by atoms with Crippen LogP contribution in [0.5, 0.6) is 0 Å². The highest BCUT2D eigenvalue weighted by Crippen LogP contribution is 2.20. The number of amides is 1. The first-order valence-corrected chi connectivity index (χ1v) is 7.07. The number of hydrogen-bond acceptors (Lipinski definition) is 2. The van der Waals surface area contributed by atoms with Crippen LogP contribution in [0.1, 0.15) is 23.6 Å². The molecule has 0 atom stereocenters. The minimum absolute atomic E-state index is 0.0258. The molecular weight excluding hydrogens is 264 g/mol. The average Bonchev–Trinajstić information content (AvgIpc) is 2.46. The summed E-state index contributed by atoms with van der Waals surface area (Å²) in [6.45, 7) is 5.79. The fourth-order valence-electron chi connectivity index (χ4n) is 2.32. The van der Waals surface area contributed by atoms with Crippen LogP contribution < -0.4 is 10.9 Å². The SMILES string of the molecule is CCc1cccc(C)c1NC(=O)Cn1cccc(C)c1=O. The Balaban J connectivity index is 2.20. The molecule has 0 bridgehead atoms. The monoisotopic (exact) mass is 284 g/mol. The summed E-state index contributed by atoms with van der Waals surface area (Å²) in [4.78, 5) is 24.1. The van der Waals surface area contributed by atoms with E-state index in [9.17, 15) is 9.59 Å². The van der Waals surface area contributed by atoms with Crippen LogP contribution in [0.4, 0.5) is 5.69 Å². The summed E-state index contributed by atoms with van der Waals surface area (Å²) in [6, 6.07) is 9.46. The molecule has 0 spiro atoms. The van der Waals surface area contributed by atoms with E-state index in [0.29, 0.717) is 5.56 Å². The predicted octanol–water partition coefficient (Wildman–Crippen LogP) is 2.67. The number of benzene rings is 1. The fourth-order valence-corrected chi connectivity index (χ4v) is 2.32. The lowest BCUT2D eigenvalue weighted by Crippen LogP contribution is -2.28. The van der Waals surface area contributed by atoms with Gasteiger partial charge in [0.2, 0.25) is 5.91 Å². The lowest BCUT2D eigenvalue weighted by Gasteiger charge is -2.13. The molecule has 0 aliphatic carbocycles. The van der Waals surface area contributed by atoms with E-state index in [-0.39, 0.29) is 18.0 Å². The Morgan fingerprint density at radius 1 is 1.14 bits per heavy atom. The topological polar surface area (TPSA) is 51.1 Å². The standard InChI is InChI=1S/C17H20N2O2/c1-4-14-9-5-7-12(2)16(14)18-15(20)11-19-10-6-8-13(3)17(19)21/h5-10H,4,11H2,1-3H3,(H,18,20). The maximum atomic E-state index is 12.2. The second-order valence-electron chi connectivity index (χ2n) is 5.14. The molecule has 2 aromatic rings. The first-order chi connectivity index (χ1) is 10.0. The van der Waals surface area contributed by atoms with Crippen molar-refractivity contribution in [2.24, 2.45) is 0 Å². The molecule has 0 aliphatic heterocycles. The fraction of sp³-hybridized carbons (Fsp3) is 0.294. The number of hydrogen-bond donors (Lipinski definition) is 1. The largest absolute Gasteiger partial charge is 0.324 e. The number of anilines is 1. The van der Waals surface area contributed by atoms with E-state index in [4.69, 9.17) is 0 Å². The van der Waals surface area contributed by atoms with E-state index in [0.717, 1.165) is 23.2 Å². The van der Waals surface area contributed by atoms with E-state index < -0.39 is 0 Å². The van der Waals surface area contributed by atoms with Crippen LogP contribution in [-0.4, -0.2) is 10.5 Å². The Bertz CT molecular complexity index is 717. The number of nitrogens with one attached hydrogen (secondary N) is 1. The average molecular weight is 284 g/mol. The number of pyridine rings is 1. The van der Waals surface area contributed by atoms with Crippen LogP contribution in [0, 0.1) is 13.8 Å². The van der Waals surface area contributed by atoms with Gasteiger partial charge in [-0.15, -0.1) is 0 Å². The Labute approximate surface area is 124 Å². The molecule has 1 amide bonds. The van der Waals surface area contributed by atoms with Crippen LogP contribution >= 0.6 is 0 Å². The first kappa shape index (κ1) is 15.0. The number of para-hydroxylation sites is 1. The van der Waals surface area contributed by atoms with Gasteiger partial charge >= 0.3 is 0 Å². The van der Waals surface area contributed by atoms with Gasteiger partial charge in [-0.2, -0.15) is 0 Å². The Kier molecular flexibility index (Phi) is 4.58. The molecule has 2 rings (SSSR count). The summed E-state index contributed by atoms with van der Waals surface area (Å²) in [7, 11) is 0. The number of aryl methyl sites for hydroxylation is 3. The lowest BCUT2D eigenvalue weighted by atomic mass is 10.1. The van der Waals surface area contributed by atoms with Crippen molar-refractivity contribution in [3.63, 3.8) is 0 Å². The third-order valence-electron chi connectivity index (χ3n) is 3.53. The summed E-state index contributed by atoms with van der Waals surface area (Å²) in [6.07, 6.45) is 2.48. The third kappa shape index (κ3) is 3.40. The van der Waals surface area contributed by atoms with E-state index in [1.54, 1.807) is 25.3 Å². The first-order valence-electron chi connectivity index (χ1n) is 7.07. The second-order valence-corrected chi connectivity index (χ2v) is 5.14. The lowest BCUT2D eigenvalue weighted by molar-refractivity contribution is -0.116. The van der Waals surface area contributed by atoms with E-state index in [1.165, 1.54) is 4.57 Å². The van der Waals surface area contributed by atoms with Crippen LogP contribution in [0.15, 0.2) is 41.3 Å².